The van der Waals surface area contributed by atoms with Crippen LogP contribution in [0.25, 0.3) is 6.08 Å². The molecule has 0 bridgehead atoms. The second kappa shape index (κ2) is 11.3. The molecule has 1 N–H and O–H groups in total. The summed E-state index contributed by atoms with van der Waals surface area (Å²) in [5.74, 6) is -0.763. The average Bonchev–Trinajstić information content (AvgIpc) is 2.87. The highest BCUT2D eigenvalue weighted by Gasteiger charge is 2.37. The summed E-state index contributed by atoms with van der Waals surface area (Å²) in [5.41, 5.74) is 2.01. The minimum absolute atomic E-state index is 0.0157. The van der Waals surface area contributed by atoms with E-state index in [4.69, 9.17) is 9.47 Å². The summed E-state index contributed by atoms with van der Waals surface area (Å²) in [4.78, 5) is 49.7. The fourth-order valence-corrected chi connectivity index (χ4v) is 4.27. The number of rotatable bonds is 8. The van der Waals surface area contributed by atoms with Crippen molar-refractivity contribution in [2.45, 2.75) is 20.5 Å². The number of hydrogen-bond acceptors (Lipinski definition) is 7. The van der Waals surface area contributed by atoms with E-state index in [0.717, 1.165) is 14.9 Å². The number of hydrogen-bond donors (Lipinski definition) is 1. The molecular formula is C27H22BrN3O7. The molecule has 1 aliphatic heterocycles. The molecule has 4 rings (SSSR count). The zero-order valence-corrected chi connectivity index (χ0v) is 22.0. The lowest BCUT2D eigenvalue weighted by molar-refractivity contribution is -0.384. The predicted molar refractivity (Wildman–Crippen MR) is 143 cm³/mol. The quantitative estimate of drug-likeness (QED) is 0.166. The van der Waals surface area contributed by atoms with Gasteiger partial charge in [0.05, 0.1) is 17.2 Å². The summed E-state index contributed by atoms with van der Waals surface area (Å²) in [5, 5.41) is 13.1. The van der Waals surface area contributed by atoms with Crippen LogP contribution in [0.2, 0.25) is 0 Å². The smallest absolute Gasteiger partial charge is 0.335 e. The Morgan fingerprint density at radius 2 is 1.74 bits per heavy atom. The largest absolute Gasteiger partial charge is 0.490 e. The number of nitro groups is 1. The standard InChI is InChI=1S/C27H22BrN3O7/c1-3-37-24-14-18(6-11-23(24)38-15-17-4-8-20(9-5-17)31(35)36)13-21-25(32)29-27(34)30(26(21)33)22-10-7-19(28)12-16(22)2/h4-14H,3,15H2,1-2H3,(H,29,32,34)/b21-13-. The number of ether oxygens (including phenoxy) is 2. The van der Waals surface area contributed by atoms with Gasteiger partial charge in [0, 0.05) is 16.6 Å². The number of nitrogens with one attached hydrogen (secondary N) is 1. The predicted octanol–water partition coefficient (Wildman–Crippen LogP) is 5.31. The first-order valence-corrected chi connectivity index (χ1v) is 12.3. The molecule has 1 fully saturated rings. The van der Waals surface area contributed by atoms with Crippen molar-refractivity contribution < 1.29 is 28.8 Å². The van der Waals surface area contributed by atoms with E-state index in [9.17, 15) is 24.5 Å². The zero-order chi connectivity index (χ0) is 27.4. The van der Waals surface area contributed by atoms with Crippen molar-refractivity contribution in [1.82, 2.24) is 5.32 Å². The number of barbiturate groups is 1. The van der Waals surface area contributed by atoms with Gasteiger partial charge in [-0.05, 0) is 79.1 Å². The van der Waals surface area contributed by atoms with Gasteiger partial charge in [-0.2, -0.15) is 0 Å². The van der Waals surface area contributed by atoms with E-state index in [2.05, 4.69) is 21.2 Å². The maximum Gasteiger partial charge on any atom is 0.335 e. The number of urea groups is 1. The summed E-state index contributed by atoms with van der Waals surface area (Å²) in [6, 6.07) is 15.2. The molecular weight excluding hydrogens is 558 g/mol. The van der Waals surface area contributed by atoms with Crippen molar-refractivity contribution in [1.29, 1.82) is 0 Å². The highest BCUT2D eigenvalue weighted by molar-refractivity contribution is 9.10. The van der Waals surface area contributed by atoms with Gasteiger partial charge >= 0.3 is 6.03 Å². The summed E-state index contributed by atoms with van der Waals surface area (Å²) in [7, 11) is 0. The number of imide groups is 2. The summed E-state index contributed by atoms with van der Waals surface area (Å²) >= 11 is 3.36. The van der Waals surface area contributed by atoms with Crippen LogP contribution < -0.4 is 19.7 Å². The van der Waals surface area contributed by atoms with Crippen LogP contribution in [0, 0.1) is 17.0 Å². The molecule has 0 spiro atoms. The van der Waals surface area contributed by atoms with Crippen LogP contribution in [-0.4, -0.2) is 29.4 Å². The lowest BCUT2D eigenvalue weighted by Gasteiger charge is -2.27. The minimum Gasteiger partial charge on any atom is -0.490 e. The van der Waals surface area contributed by atoms with Gasteiger partial charge in [0.1, 0.15) is 12.2 Å². The molecule has 4 amide bonds. The van der Waals surface area contributed by atoms with Gasteiger partial charge in [-0.3, -0.25) is 25.0 Å². The third-order valence-corrected chi connectivity index (χ3v) is 6.11. The molecule has 38 heavy (non-hydrogen) atoms. The van der Waals surface area contributed by atoms with E-state index in [1.807, 2.05) is 0 Å². The highest BCUT2D eigenvalue weighted by atomic mass is 79.9. The molecule has 0 unspecified atom stereocenters. The van der Waals surface area contributed by atoms with Gasteiger partial charge in [-0.1, -0.05) is 22.0 Å². The van der Waals surface area contributed by atoms with Crippen LogP contribution >= 0.6 is 15.9 Å². The maximum atomic E-state index is 13.3. The fourth-order valence-electron chi connectivity index (χ4n) is 3.79. The molecule has 1 heterocycles. The summed E-state index contributed by atoms with van der Waals surface area (Å²) < 4.78 is 12.3. The number of amides is 4. The van der Waals surface area contributed by atoms with E-state index >= 15 is 0 Å². The topological polar surface area (TPSA) is 128 Å². The van der Waals surface area contributed by atoms with Crippen LogP contribution in [0.15, 0.2) is 70.7 Å². The number of nitrogens with zero attached hydrogens (tertiary/aromatic N) is 2. The molecule has 11 heteroatoms. The highest BCUT2D eigenvalue weighted by Crippen LogP contribution is 2.32. The molecule has 0 atom stereocenters. The van der Waals surface area contributed by atoms with E-state index in [1.54, 1.807) is 62.4 Å². The van der Waals surface area contributed by atoms with Crippen LogP contribution in [0.5, 0.6) is 11.5 Å². The van der Waals surface area contributed by atoms with Crippen molar-refractivity contribution in [3.63, 3.8) is 0 Å². The van der Waals surface area contributed by atoms with Gasteiger partial charge in [-0.25, -0.2) is 9.69 Å². The third-order valence-electron chi connectivity index (χ3n) is 5.62. The first kappa shape index (κ1) is 26.6. The molecule has 0 radical (unpaired) electrons. The Hall–Kier alpha value is -4.51. The van der Waals surface area contributed by atoms with Crippen molar-refractivity contribution in [2.24, 2.45) is 0 Å². The Kier molecular flexibility index (Phi) is 7.87. The molecule has 194 valence electrons. The Labute approximate surface area is 226 Å². The molecule has 0 saturated carbocycles. The minimum atomic E-state index is -0.826. The lowest BCUT2D eigenvalue weighted by atomic mass is 10.1. The molecule has 3 aromatic rings. The number of aryl methyl sites for hydroxylation is 1. The van der Waals surface area contributed by atoms with Gasteiger partial charge in [-0.15, -0.1) is 0 Å². The van der Waals surface area contributed by atoms with E-state index in [-0.39, 0.29) is 17.9 Å². The number of anilines is 1. The maximum absolute atomic E-state index is 13.3. The molecule has 0 aliphatic carbocycles. The number of carbonyl (C=O) groups is 3. The van der Waals surface area contributed by atoms with Crippen molar-refractivity contribution in [2.75, 3.05) is 11.5 Å². The van der Waals surface area contributed by atoms with Gasteiger partial charge in [0.2, 0.25) is 0 Å². The normalized spacial score (nSPS) is 14.4. The summed E-state index contributed by atoms with van der Waals surface area (Å²) in [6.45, 7) is 4.03. The average molecular weight is 580 g/mol. The van der Waals surface area contributed by atoms with Crippen LogP contribution in [0.1, 0.15) is 23.6 Å². The fraction of sp³-hybridized carbons (Fsp3) is 0.148. The molecule has 1 aliphatic rings. The van der Waals surface area contributed by atoms with Gasteiger partial charge < -0.3 is 9.47 Å². The van der Waals surface area contributed by atoms with Crippen molar-refractivity contribution in [3.8, 4) is 11.5 Å². The van der Waals surface area contributed by atoms with Crippen LogP contribution in [-0.2, 0) is 16.2 Å². The molecule has 1 saturated heterocycles. The Morgan fingerprint density at radius 3 is 2.39 bits per heavy atom. The number of halogens is 1. The number of carbonyl (C=O) groups excluding carboxylic acids is 3. The SMILES string of the molecule is CCOc1cc(/C=C2/C(=O)NC(=O)N(c3ccc(Br)cc3C)C2=O)ccc1OCc1ccc([N+](=O)[O-])cc1. The third kappa shape index (κ3) is 5.73. The molecule has 0 aromatic heterocycles. The number of non-ortho nitro benzene ring substituents is 1. The Bertz CT molecular complexity index is 1470. The lowest BCUT2D eigenvalue weighted by Crippen LogP contribution is -2.54. The Balaban J connectivity index is 1.59. The van der Waals surface area contributed by atoms with Crippen LogP contribution in [0.3, 0.4) is 0 Å². The second-order valence-corrected chi connectivity index (χ2v) is 9.16. The first-order chi connectivity index (χ1) is 18.2. The molecule has 10 nitrogen and oxygen atoms in total. The number of nitro benzene ring substituents is 1. The van der Waals surface area contributed by atoms with Gasteiger partial charge in [0.25, 0.3) is 17.5 Å². The van der Waals surface area contributed by atoms with Crippen molar-refractivity contribution >= 4 is 51.2 Å². The van der Waals surface area contributed by atoms with E-state index in [0.29, 0.717) is 34.9 Å². The first-order valence-electron chi connectivity index (χ1n) is 11.5. The van der Waals surface area contributed by atoms with Gasteiger partial charge in [0.15, 0.2) is 11.5 Å². The summed E-state index contributed by atoms with van der Waals surface area (Å²) in [6.07, 6.45) is 1.38. The van der Waals surface area contributed by atoms with E-state index in [1.165, 1.54) is 18.2 Å². The monoisotopic (exact) mass is 579 g/mol. The zero-order valence-electron chi connectivity index (χ0n) is 20.4. The Morgan fingerprint density at radius 1 is 1.00 bits per heavy atom. The second-order valence-electron chi connectivity index (χ2n) is 8.24. The van der Waals surface area contributed by atoms with Crippen molar-refractivity contribution in [3.05, 3.63) is 97.5 Å². The number of benzene rings is 3. The van der Waals surface area contributed by atoms with E-state index < -0.39 is 22.8 Å². The molecule has 3 aromatic carbocycles. The van der Waals surface area contributed by atoms with Crippen LogP contribution in [0.4, 0.5) is 16.2 Å².